The normalized spacial score (nSPS) is 30.5. The van der Waals surface area contributed by atoms with Gasteiger partial charge in [0.05, 0.1) is 0 Å². The third-order valence-electron chi connectivity index (χ3n) is 4.08. The molecule has 1 fully saturated rings. The van der Waals surface area contributed by atoms with Crippen molar-refractivity contribution in [3.8, 4) is 0 Å². The summed E-state index contributed by atoms with van der Waals surface area (Å²) in [6, 6.07) is 1.27. The van der Waals surface area contributed by atoms with Crippen LogP contribution in [-0.4, -0.2) is 29.6 Å². The summed E-state index contributed by atoms with van der Waals surface area (Å²) in [6.45, 7) is 9.81. The highest BCUT2D eigenvalue weighted by Crippen LogP contribution is 2.38. The Bertz CT molecular complexity index is 343. The maximum Gasteiger partial charge on any atom is 0.101 e. The first kappa shape index (κ1) is 13.7. The maximum atomic E-state index is 6.09. The standard InChI is InChI=1S/C14H21NO.C2H6/c1-10(2)15-8-7-11-9-13(15)12-5-3-4-6-14(12)16-11;1-2/h3,5,10-11,13H,4,6-9H2,1-2H3;1-2H3/t11-,13+;/m0./s1. The van der Waals surface area contributed by atoms with Crippen LogP contribution in [0.5, 0.6) is 0 Å². The van der Waals surface area contributed by atoms with Crippen LogP contribution in [0.15, 0.2) is 23.5 Å². The molecule has 3 aliphatic rings. The SMILES string of the molecule is CC.CC(C)N1CC[C@H]2C[C@@H]1C1=C(CCC=C1)O2. The van der Waals surface area contributed by atoms with E-state index in [1.54, 1.807) is 0 Å². The molecule has 0 aromatic carbocycles. The first-order chi connectivity index (χ1) is 8.75. The molecule has 2 atom stereocenters. The minimum absolute atomic E-state index is 0.491. The third kappa shape index (κ3) is 2.49. The van der Waals surface area contributed by atoms with Gasteiger partial charge in [-0.05, 0) is 26.7 Å². The zero-order chi connectivity index (χ0) is 13.1. The van der Waals surface area contributed by atoms with Crippen LogP contribution in [0.25, 0.3) is 0 Å². The van der Waals surface area contributed by atoms with E-state index in [-0.39, 0.29) is 0 Å². The van der Waals surface area contributed by atoms with Gasteiger partial charge < -0.3 is 4.74 Å². The van der Waals surface area contributed by atoms with Crippen LogP contribution in [0.4, 0.5) is 0 Å². The summed E-state index contributed by atoms with van der Waals surface area (Å²) in [4.78, 5) is 2.64. The van der Waals surface area contributed by atoms with Crippen molar-refractivity contribution in [3.63, 3.8) is 0 Å². The number of likely N-dealkylation sites (tertiary alicyclic amines) is 1. The molecule has 2 heterocycles. The molecule has 0 aromatic heterocycles. The number of hydrogen-bond donors (Lipinski definition) is 0. The Morgan fingerprint density at radius 1 is 1.33 bits per heavy atom. The predicted octanol–water partition coefficient (Wildman–Crippen LogP) is 3.89. The average molecular weight is 249 g/mol. The Balaban J connectivity index is 0.000000574. The molecular formula is C16H27NO. The van der Waals surface area contributed by atoms with E-state index in [0.717, 1.165) is 12.8 Å². The fraction of sp³-hybridized carbons (Fsp3) is 0.750. The maximum absolute atomic E-state index is 6.09. The van der Waals surface area contributed by atoms with E-state index < -0.39 is 0 Å². The summed E-state index contributed by atoms with van der Waals surface area (Å²) in [5.74, 6) is 1.29. The van der Waals surface area contributed by atoms with Gasteiger partial charge in [0.1, 0.15) is 11.9 Å². The molecule has 102 valence electrons. The van der Waals surface area contributed by atoms with Gasteiger partial charge in [-0.15, -0.1) is 0 Å². The van der Waals surface area contributed by atoms with Gasteiger partial charge in [-0.25, -0.2) is 0 Å². The van der Waals surface area contributed by atoms with Crippen molar-refractivity contribution in [3.05, 3.63) is 23.5 Å². The molecule has 1 saturated heterocycles. The molecule has 0 N–H and O–H groups in total. The Hall–Kier alpha value is -0.760. The summed E-state index contributed by atoms with van der Waals surface area (Å²) in [5, 5.41) is 0. The van der Waals surface area contributed by atoms with Gasteiger partial charge in [0.25, 0.3) is 0 Å². The van der Waals surface area contributed by atoms with Gasteiger partial charge in [0.15, 0.2) is 0 Å². The van der Waals surface area contributed by atoms with E-state index in [9.17, 15) is 0 Å². The number of nitrogens with zero attached hydrogens (tertiary/aromatic N) is 1. The molecule has 2 aliphatic heterocycles. The second kappa shape index (κ2) is 5.92. The predicted molar refractivity (Wildman–Crippen MR) is 76.5 cm³/mol. The minimum atomic E-state index is 0.491. The molecule has 2 heteroatoms. The Kier molecular flexibility index (Phi) is 4.50. The minimum Gasteiger partial charge on any atom is -0.494 e. The van der Waals surface area contributed by atoms with E-state index in [0.29, 0.717) is 18.2 Å². The van der Waals surface area contributed by atoms with E-state index in [2.05, 4.69) is 30.9 Å². The van der Waals surface area contributed by atoms with Crippen LogP contribution < -0.4 is 0 Å². The van der Waals surface area contributed by atoms with E-state index in [1.807, 2.05) is 13.8 Å². The summed E-state index contributed by atoms with van der Waals surface area (Å²) in [6.07, 6.45) is 9.77. The first-order valence-electron chi connectivity index (χ1n) is 7.57. The number of fused-ring (bicyclic) bond motifs is 3. The molecule has 0 unspecified atom stereocenters. The lowest BCUT2D eigenvalue weighted by molar-refractivity contribution is -0.00976. The number of hydrogen-bond acceptors (Lipinski definition) is 2. The molecule has 0 spiro atoms. The monoisotopic (exact) mass is 249 g/mol. The topological polar surface area (TPSA) is 12.5 Å². The largest absolute Gasteiger partial charge is 0.494 e. The van der Waals surface area contributed by atoms with Crippen molar-refractivity contribution in [1.82, 2.24) is 4.90 Å². The van der Waals surface area contributed by atoms with Crippen LogP contribution in [0.2, 0.25) is 0 Å². The van der Waals surface area contributed by atoms with Crippen LogP contribution in [0.3, 0.4) is 0 Å². The lowest BCUT2D eigenvalue weighted by Gasteiger charge is -2.47. The molecule has 2 bridgehead atoms. The zero-order valence-corrected chi connectivity index (χ0v) is 12.3. The molecule has 18 heavy (non-hydrogen) atoms. The quantitative estimate of drug-likeness (QED) is 0.699. The van der Waals surface area contributed by atoms with Crippen LogP contribution in [-0.2, 0) is 4.74 Å². The van der Waals surface area contributed by atoms with Gasteiger partial charge in [0, 0.05) is 37.0 Å². The first-order valence-corrected chi connectivity index (χ1v) is 7.57. The highest BCUT2D eigenvalue weighted by molar-refractivity contribution is 5.34. The zero-order valence-electron chi connectivity index (χ0n) is 12.3. The Morgan fingerprint density at radius 3 is 2.83 bits per heavy atom. The number of rotatable bonds is 1. The lowest BCUT2D eigenvalue weighted by atomic mass is 9.86. The molecule has 1 aliphatic carbocycles. The van der Waals surface area contributed by atoms with Gasteiger partial charge in [-0.1, -0.05) is 26.0 Å². The summed E-state index contributed by atoms with van der Waals surface area (Å²) < 4.78 is 6.09. The van der Waals surface area contributed by atoms with E-state index in [4.69, 9.17) is 4.74 Å². The number of allylic oxidation sites excluding steroid dienone is 2. The number of piperidine rings is 1. The highest BCUT2D eigenvalue weighted by atomic mass is 16.5. The molecule has 0 amide bonds. The molecule has 0 saturated carbocycles. The fourth-order valence-electron chi connectivity index (χ4n) is 3.27. The van der Waals surface area contributed by atoms with Crippen molar-refractivity contribution in [1.29, 1.82) is 0 Å². The van der Waals surface area contributed by atoms with Crippen molar-refractivity contribution in [2.45, 2.75) is 71.6 Å². The fourth-order valence-corrected chi connectivity index (χ4v) is 3.27. The lowest BCUT2D eigenvalue weighted by Crippen LogP contribution is -2.51. The average Bonchev–Trinajstić information content (AvgIpc) is 2.41. The Morgan fingerprint density at radius 2 is 2.11 bits per heavy atom. The van der Waals surface area contributed by atoms with Crippen molar-refractivity contribution in [2.75, 3.05) is 6.54 Å². The van der Waals surface area contributed by atoms with Crippen molar-refractivity contribution < 1.29 is 4.74 Å². The van der Waals surface area contributed by atoms with Gasteiger partial charge in [0.2, 0.25) is 0 Å². The van der Waals surface area contributed by atoms with Crippen molar-refractivity contribution in [2.24, 2.45) is 0 Å². The third-order valence-corrected chi connectivity index (χ3v) is 4.08. The van der Waals surface area contributed by atoms with E-state index >= 15 is 0 Å². The molecule has 3 rings (SSSR count). The van der Waals surface area contributed by atoms with E-state index in [1.165, 1.54) is 30.7 Å². The second-order valence-corrected chi connectivity index (χ2v) is 5.43. The number of ether oxygens (including phenoxy) is 1. The summed E-state index contributed by atoms with van der Waals surface area (Å²) >= 11 is 0. The molecule has 2 nitrogen and oxygen atoms in total. The van der Waals surface area contributed by atoms with Gasteiger partial charge >= 0.3 is 0 Å². The summed E-state index contributed by atoms with van der Waals surface area (Å²) in [5.41, 5.74) is 1.47. The van der Waals surface area contributed by atoms with Crippen LogP contribution >= 0.6 is 0 Å². The molecule has 0 radical (unpaired) electrons. The van der Waals surface area contributed by atoms with Crippen LogP contribution in [0, 0.1) is 0 Å². The van der Waals surface area contributed by atoms with Crippen molar-refractivity contribution >= 4 is 0 Å². The second-order valence-electron chi connectivity index (χ2n) is 5.43. The van der Waals surface area contributed by atoms with Crippen LogP contribution in [0.1, 0.15) is 53.4 Å². The Labute approximate surface area is 112 Å². The molecular weight excluding hydrogens is 222 g/mol. The summed E-state index contributed by atoms with van der Waals surface area (Å²) in [7, 11) is 0. The van der Waals surface area contributed by atoms with Gasteiger partial charge in [-0.3, -0.25) is 4.90 Å². The van der Waals surface area contributed by atoms with Gasteiger partial charge in [-0.2, -0.15) is 0 Å². The highest BCUT2D eigenvalue weighted by Gasteiger charge is 2.38. The smallest absolute Gasteiger partial charge is 0.101 e. The molecule has 0 aromatic rings.